The van der Waals surface area contributed by atoms with E-state index >= 15 is 0 Å². The van der Waals surface area contributed by atoms with Gasteiger partial charge in [-0.05, 0) is 62.2 Å². The molecule has 6 bridgehead atoms. The smallest absolute Gasteiger partial charge is 0.402 e. The van der Waals surface area contributed by atoms with Crippen LogP contribution in [0.4, 0.5) is 8.78 Å². The molecule has 1 N–H and O–H groups in total. The summed E-state index contributed by atoms with van der Waals surface area (Å²) in [5, 5.41) is -4.69. The van der Waals surface area contributed by atoms with Crippen molar-refractivity contribution in [3.8, 4) is 0 Å². The highest BCUT2D eigenvalue weighted by Gasteiger charge is 2.74. The summed E-state index contributed by atoms with van der Waals surface area (Å²) < 4.78 is 73.8. The number of halogens is 2. The van der Waals surface area contributed by atoms with Gasteiger partial charge in [0.25, 0.3) is 0 Å². The maximum absolute atomic E-state index is 13.6. The summed E-state index contributed by atoms with van der Waals surface area (Å²) in [7, 11) is -5.78. The Bertz CT molecular complexity index is 1050. The highest BCUT2D eigenvalue weighted by atomic mass is 32.2. The second-order valence-electron chi connectivity index (χ2n) is 11.8. The topological polar surface area (TPSA) is 133 Å². The Kier molecular flexibility index (Phi) is 4.96. The fourth-order valence-corrected chi connectivity index (χ4v) is 9.09. The molecule has 1 saturated heterocycles. The van der Waals surface area contributed by atoms with Crippen LogP contribution in [0.5, 0.6) is 0 Å². The summed E-state index contributed by atoms with van der Waals surface area (Å²) in [5.74, 6) is -4.18. The maximum atomic E-state index is 13.6. The van der Waals surface area contributed by atoms with Crippen LogP contribution in [-0.2, 0) is 38.7 Å². The van der Waals surface area contributed by atoms with Crippen LogP contribution in [0, 0.1) is 52.8 Å². The van der Waals surface area contributed by atoms with Gasteiger partial charge in [0.1, 0.15) is 12.2 Å². The molecule has 7 rings (SSSR count). The quantitative estimate of drug-likeness (QED) is 0.319. The third kappa shape index (κ3) is 3.30. The number of hydrogen-bond acceptors (Lipinski definition) is 8. The van der Waals surface area contributed by atoms with E-state index in [1.807, 2.05) is 0 Å². The molecule has 12 heteroatoms. The first-order chi connectivity index (χ1) is 16.3. The number of carbonyl (C=O) groups is 3. The van der Waals surface area contributed by atoms with Crippen LogP contribution in [0.25, 0.3) is 0 Å². The number of esters is 3. The Hall–Kier alpha value is -1.82. The molecule has 7 aliphatic rings. The van der Waals surface area contributed by atoms with Crippen LogP contribution in [0.3, 0.4) is 0 Å². The lowest BCUT2D eigenvalue weighted by Gasteiger charge is -2.55. The monoisotopic (exact) mass is 518 g/mol. The number of carbonyl (C=O) groups excluding carboxylic acids is 3. The van der Waals surface area contributed by atoms with E-state index in [4.69, 9.17) is 14.0 Å². The molecule has 1 heterocycles. The zero-order chi connectivity index (χ0) is 25.1. The summed E-state index contributed by atoms with van der Waals surface area (Å²) >= 11 is 0. The van der Waals surface area contributed by atoms with E-state index in [0.29, 0.717) is 17.8 Å². The molecule has 6 unspecified atom stereocenters. The fourth-order valence-electron chi connectivity index (χ4n) is 8.88. The van der Waals surface area contributed by atoms with Gasteiger partial charge in [-0.3, -0.25) is 18.9 Å². The fraction of sp³-hybridized carbons (Fsp3) is 0.870. The number of hydrogen-bond donors (Lipinski definition) is 1. The lowest BCUT2D eigenvalue weighted by molar-refractivity contribution is -0.188. The van der Waals surface area contributed by atoms with Gasteiger partial charge in [0.05, 0.1) is 17.3 Å². The van der Waals surface area contributed by atoms with Gasteiger partial charge in [0, 0.05) is 11.8 Å². The molecule has 0 aromatic carbocycles. The molecule has 6 saturated carbocycles. The van der Waals surface area contributed by atoms with E-state index in [9.17, 15) is 31.6 Å². The standard InChI is InChI=1S/C23H28F2O9S/c1-9-13-15(19(26)32-8-23(24,25)35(29,30)31)16-14(9)17(33-20(16)27)18(13)34-21(28)22-5-10-2-11(6-22)4-12(3-10)7-22/h9-18H,2-8H2,1H3,(H,29,30,31)/t9-,10?,11?,12?,13?,14?,15?,16?,17?,18?,22?/m0/s1. The zero-order valence-corrected chi connectivity index (χ0v) is 19.9. The molecule has 0 aromatic rings. The third-order valence-corrected chi connectivity index (χ3v) is 10.7. The molecule has 7 atom stereocenters. The van der Waals surface area contributed by atoms with Crippen LogP contribution in [0.1, 0.15) is 45.4 Å². The van der Waals surface area contributed by atoms with Gasteiger partial charge < -0.3 is 14.2 Å². The molecular weight excluding hydrogens is 490 g/mol. The number of alkyl halides is 2. The van der Waals surface area contributed by atoms with Gasteiger partial charge in [-0.15, -0.1) is 0 Å². The average Bonchev–Trinajstić information content (AvgIpc) is 3.29. The minimum atomic E-state index is -5.78. The highest BCUT2D eigenvalue weighted by molar-refractivity contribution is 7.86. The molecule has 7 fully saturated rings. The first kappa shape index (κ1) is 23.6. The molecule has 0 spiro atoms. The van der Waals surface area contributed by atoms with Crippen LogP contribution >= 0.6 is 0 Å². The largest absolute Gasteiger partial charge is 0.458 e. The molecule has 0 aromatic heterocycles. The van der Waals surface area contributed by atoms with Crippen molar-refractivity contribution >= 4 is 28.0 Å². The first-order valence-corrected chi connectivity index (χ1v) is 13.7. The van der Waals surface area contributed by atoms with Crippen molar-refractivity contribution in [2.45, 2.75) is 62.9 Å². The first-order valence-electron chi connectivity index (χ1n) is 12.2. The molecule has 194 valence electrons. The molecule has 6 aliphatic carbocycles. The summed E-state index contributed by atoms with van der Waals surface area (Å²) in [6.45, 7) is -0.0776. The normalized spacial score (nSPS) is 47.1. The second kappa shape index (κ2) is 7.36. The average molecular weight is 519 g/mol. The van der Waals surface area contributed by atoms with Gasteiger partial charge in [-0.2, -0.15) is 17.2 Å². The van der Waals surface area contributed by atoms with Crippen molar-refractivity contribution in [2.24, 2.45) is 52.8 Å². The minimum absolute atomic E-state index is 0.273. The van der Waals surface area contributed by atoms with Gasteiger partial charge in [0.2, 0.25) is 0 Å². The van der Waals surface area contributed by atoms with Gasteiger partial charge >= 0.3 is 33.3 Å². The Morgan fingerprint density at radius 1 is 1.11 bits per heavy atom. The van der Waals surface area contributed by atoms with Gasteiger partial charge in [-0.25, -0.2) is 0 Å². The molecule has 0 radical (unpaired) electrons. The lowest BCUT2D eigenvalue weighted by Crippen LogP contribution is -2.53. The Balaban J connectivity index is 1.22. The number of rotatable bonds is 6. The molecule has 35 heavy (non-hydrogen) atoms. The number of fused-ring (bicyclic) bond motifs is 1. The van der Waals surface area contributed by atoms with Crippen molar-refractivity contribution < 1.29 is 50.3 Å². The molecule has 0 amide bonds. The number of ether oxygens (including phenoxy) is 3. The van der Waals surface area contributed by atoms with E-state index in [0.717, 1.165) is 38.5 Å². The SMILES string of the molecule is C[C@@H]1C2C3OC(=O)C2C(C(=O)OCC(F)(F)S(=O)(=O)O)C1C3OC(=O)C12CC3CC(CC(C3)C1)C2. The van der Waals surface area contributed by atoms with Crippen LogP contribution in [0.2, 0.25) is 0 Å². The van der Waals surface area contributed by atoms with E-state index in [-0.39, 0.29) is 11.9 Å². The predicted octanol–water partition coefficient (Wildman–Crippen LogP) is 2.19. The summed E-state index contributed by atoms with van der Waals surface area (Å²) in [4.78, 5) is 39.0. The van der Waals surface area contributed by atoms with Gasteiger partial charge in [0.15, 0.2) is 6.61 Å². The van der Waals surface area contributed by atoms with E-state index < -0.39 is 75.2 Å². The van der Waals surface area contributed by atoms with Crippen molar-refractivity contribution in [1.29, 1.82) is 0 Å². The van der Waals surface area contributed by atoms with E-state index in [1.54, 1.807) is 6.92 Å². The molecular formula is C23H28F2O9S. The maximum Gasteiger partial charge on any atom is 0.402 e. The Morgan fingerprint density at radius 3 is 2.23 bits per heavy atom. The highest BCUT2D eigenvalue weighted by Crippen LogP contribution is 2.64. The van der Waals surface area contributed by atoms with E-state index in [1.165, 1.54) is 0 Å². The lowest BCUT2D eigenvalue weighted by atomic mass is 9.49. The minimum Gasteiger partial charge on any atom is -0.458 e. The summed E-state index contributed by atoms with van der Waals surface area (Å²) in [5.41, 5.74) is -0.560. The van der Waals surface area contributed by atoms with E-state index in [2.05, 4.69) is 4.74 Å². The van der Waals surface area contributed by atoms with Crippen LogP contribution < -0.4 is 0 Å². The van der Waals surface area contributed by atoms with Crippen molar-refractivity contribution in [3.05, 3.63) is 0 Å². The predicted molar refractivity (Wildman–Crippen MR) is 111 cm³/mol. The van der Waals surface area contributed by atoms with Crippen molar-refractivity contribution in [1.82, 2.24) is 0 Å². The molecule has 1 aliphatic heterocycles. The third-order valence-electron chi connectivity index (χ3n) is 9.78. The second-order valence-corrected chi connectivity index (χ2v) is 13.3. The summed E-state index contributed by atoms with van der Waals surface area (Å²) in [6, 6.07) is 0. The van der Waals surface area contributed by atoms with Gasteiger partial charge in [-0.1, -0.05) is 6.92 Å². The summed E-state index contributed by atoms with van der Waals surface area (Å²) in [6.07, 6.45) is 4.16. The Labute approximate surface area is 201 Å². The van der Waals surface area contributed by atoms with Crippen molar-refractivity contribution in [2.75, 3.05) is 6.61 Å². The van der Waals surface area contributed by atoms with Crippen LogP contribution in [-0.4, -0.2) is 54.9 Å². The molecule has 9 nitrogen and oxygen atoms in total. The van der Waals surface area contributed by atoms with Crippen LogP contribution in [0.15, 0.2) is 0 Å². The zero-order valence-electron chi connectivity index (χ0n) is 19.1. The Morgan fingerprint density at radius 2 is 1.69 bits per heavy atom. The van der Waals surface area contributed by atoms with Crippen molar-refractivity contribution in [3.63, 3.8) is 0 Å².